The normalized spacial score (nSPS) is 15.0. The maximum Gasteiger partial charge on any atom is 0.231 e. The van der Waals surface area contributed by atoms with Crippen LogP contribution in [-0.4, -0.2) is 25.6 Å². The minimum Gasteiger partial charge on any atom is -0.495 e. The first kappa shape index (κ1) is 11.3. The van der Waals surface area contributed by atoms with Gasteiger partial charge in [-0.1, -0.05) is 11.6 Å². The van der Waals surface area contributed by atoms with Crippen LogP contribution in [0, 0.1) is 0 Å². The van der Waals surface area contributed by atoms with Gasteiger partial charge in [-0.2, -0.15) is 0 Å². The Morgan fingerprint density at radius 2 is 2.38 bits per heavy atom. The summed E-state index contributed by atoms with van der Waals surface area (Å²) in [5.74, 6) is 1.38. The molecule has 6 heteroatoms. The lowest BCUT2D eigenvalue weighted by Crippen LogP contribution is -2.15. The Labute approximate surface area is 97.7 Å². The highest BCUT2D eigenvalue weighted by Gasteiger charge is 2.26. The van der Waals surface area contributed by atoms with Gasteiger partial charge < -0.3 is 25.1 Å². The molecule has 5 nitrogen and oxygen atoms in total. The summed E-state index contributed by atoms with van der Waals surface area (Å²) in [4.78, 5) is 0. The molecule has 1 aromatic rings. The van der Waals surface area contributed by atoms with E-state index < -0.39 is 6.04 Å². The van der Waals surface area contributed by atoms with E-state index in [0.29, 0.717) is 27.8 Å². The summed E-state index contributed by atoms with van der Waals surface area (Å²) >= 11 is 6.09. The molecule has 1 aliphatic heterocycles. The van der Waals surface area contributed by atoms with E-state index in [2.05, 4.69) is 0 Å². The Kier molecular flexibility index (Phi) is 3.09. The third-order valence-corrected chi connectivity index (χ3v) is 2.73. The molecule has 1 heterocycles. The SMILES string of the molecule is COc1c(C(N)CO)cc2c(c1Cl)OCO2. The molecule has 0 aliphatic carbocycles. The summed E-state index contributed by atoms with van der Waals surface area (Å²) in [6, 6.07) is 1.11. The second-order valence-electron chi connectivity index (χ2n) is 3.34. The lowest BCUT2D eigenvalue weighted by atomic mass is 10.1. The second kappa shape index (κ2) is 4.37. The van der Waals surface area contributed by atoms with Crippen LogP contribution in [0.4, 0.5) is 0 Å². The van der Waals surface area contributed by atoms with Crippen LogP contribution in [0.5, 0.6) is 17.2 Å². The van der Waals surface area contributed by atoms with Crippen molar-refractivity contribution in [3.8, 4) is 17.2 Å². The number of ether oxygens (including phenoxy) is 3. The van der Waals surface area contributed by atoms with E-state index in [1.165, 1.54) is 7.11 Å². The molecule has 1 atom stereocenters. The van der Waals surface area contributed by atoms with E-state index in [0.717, 1.165) is 0 Å². The Balaban J connectivity index is 2.56. The number of hydrogen-bond donors (Lipinski definition) is 2. The van der Waals surface area contributed by atoms with Crippen molar-refractivity contribution in [1.29, 1.82) is 0 Å². The van der Waals surface area contributed by atoms with E-state index in [9.17, 15) is 0 Å². The highest BCUT2D eigenvalue weighted by Crippen LogP contribution is 2.47. The average molecular weight is 246 g/mol. The molecule has 0 amide bonds. The predicted molar refractivity (Wildman–Crippen MR) is 58.1 cm³/mol. The molecule has 3 N–H and O–H groups in total. The number of benzene rings is 1. The van der Waals surface area contributed by atoms with E-state index in [-0.39, 0.29) is 13.4 Å². The van der Waals surface area contributed by atoms with Crippen LogP contribution < -0.4 is 19.9 Å². The molecule has 1 aromatic carbocycles. The van der Waals surface area contributed by atoms with Crippen LogP contribution in [0.2, 0.25) is 5.02 Å². The molecule has 0 saturated carbocycles. The summed E-state index contributed by atoms with van der Waals surface area (Å²) in [6.45, 7) is -0.0810. The molecule has 88 valence electrons. The summed E-state index contributed by atoms with van der Waals surface area (Å²) in [5, 5.41) is 9.37. The van der Waals surface area contributed by atoms with Gasteiger partial charge in [-0.15, -0.1) is 0 Å². The topological polar surface area (TPSA) is 73.9 Å². The number of aliphatic hydroxyl groups excluding tert-OH is 1. The third kappa shape index (κ3) is 1.67. The fourth-order valence-electron chi connectivity index (χ4n) is 1.59. The Hall–Kier alpha value is -1.17. The second-order valence-corrected chi connectivity index (χ2v) is 3.71. The van der Waals surface area contributed by atoms with Crippen LogP contribution in [0.15, 0.2) is 6.07 Å². The van der Waals surface area contributed by atoms with Crippen molar-refractivity contribution in [3.05, 3.63) is 16.7 Å². The zero-order chi connectivity index (χ0) is 11.7. The molecule has 0 saturated heterocycles. The summed E-state index contributed by atoms with van der Waals surface area (Å²) in [5.41, 5.74) is 6.35. The van der Waals surface area contributed by atoms with E-state index in [1.807, 2.05) is 0 Å². The first-order chi connectivity index (χ1) is 7.69. The minimum absolute atomic E-state index is 0.121. The van der Waals surface area contributed by atoms with Crippen molar-refractivity contribution in [3.63, 3.8) is 0 Å². The third-order valence-electron chi connectivity index (χ3n) is 2.39. The molecule has 0 aromatic heterocycles. The molecule has 2 rings (SSSR count). The lowest BCUT2D eigenvalue weighted by Gasteiger charge is -2.15. The van der Waals surface area contributed by atoms with Crippen molar-refractivity contribution in [1.82, 2.24) is 0 Å². The molecule has 0 bridgehead atoms. The van der Waals surface area contributed by atoms with Gasteiger partial charge in [0, 0.05) is 5.56 Å². The number of aliphatic hydroxyl groups is 1. The van der Waals surface area contributed by atoms with Crippen LogP contribution in [-0.2, 0) is 0 Å². The predicted octanol–water partition coefficient (Wildman–Crippen LogP) is 1.07. The van der Waals surface area contributed by atoms with Gasteiger partial charge >= 0.3 is 0 Å². The standard InChI is InChI=1S/C10H12ClNO4/c1-14-9-5(6(12)3-13)2-7-10(8(9)11)16-4-15-7/h2,6,13H,3-4,12H2,1H3. The molecule has 0 spiro atoms. The number of fused-ring (bicyclic) bond motifs is 1. The number of halogens is 1. The zero-order valence-corrected chi connectivity index (χ0v) is 9.45. The minimum atomic E-state index is -0.568. The zero-order valence-electron chi connectivity index (χ0n) is 8.70. The van der Waals surface area contributed by atoms with Gasteiger partial charge in [0.15, 0.2) is 11.5 Å². The molecule has 1 unspecified atom stereocenters. The fourth-order valence-corrected chi connectivity index (χ4v) is 1.92. The van der Waals surface area contributed by atoms with E-state index in [1.54, 1.807) is 6.07 Å². The monoisotopic (exact) mass is 245 g/mol. The van der Waals surface area contributed by atoms with Gasteiger partial charge in [0.05, 0.1) is 19.8 Å². The summed E-state index contributed by atoms with van der Waals surface area (Å²) in [7, 11) is 1.48. The quantitative estimate of drug-likeness (QED) is 0.833. The molecular formula is C10H12ClNO4. The molecule has 0 fully saturated rings. The van der Waals surface area contributed by atoms with Gasteiger partial charge in [0.1, 0.15) is 10.8 Å². The van der Waals surface area contributed by atoms with Crippen LogP contribution in [0.25, 0.3) is 0 Å². The lowest BCUT2D eigenvalue weighted by molar-refractivity contribution is 0.174. The van der Waals surface area contributed by atoms with E-state index >= 15 is 0 Å². The van der Waals surface area contributed by atoms with Gasteiger partial charge in [-0.25, -0.2) is 0 Å². The average Bonchev–Trinajstić information content (AvgIpc) is 2.76. The maximum absolute atomic E-state index is 9.05. The van der Waals surface area contributed by atoms with Crippen molar-refractivity contribution < 1.29 is 19.3 Å². The number of rotatable bonds is 3. The maximum atomic E-state index is 9.05. The Morgan fingerprint density at radius 1 is 1.62 bits per heavy atom. The van der Waals surface area contributed by atoms with Crippen molar-refractivity contribution in [2.24, 2.45) is 5.73 Å². The fraction of sp³-hybridized carbons (Fsp3) is 0.400. The highest BCUT2D eigenvalue weighted by molar-refractivity contribution is 6.34. The largest absolute Gasteiger partial charge is 0.495 e. The summed E-state index contributed by atoms with van der Waals surface area (Å²) < 4.78 is 15.6. The highest BCUT2D eigenvalue weighted by atomic mass is 35.5. The molecule has 1 aliphatic rings. The van der Waals surface area contributed by atoms with Gasteiger partial charge in [0.2, 0.25) is 6.79 Å². The number of nitrogens with two attached hydrogens (primary N) is 1. The van der Waals surface area contributed by atoms with Gasteiger partial charge in [0.25, 0.3) is 0 Å². The van der Waals surface area contributed by atoms with Crippen LogP contribution in [0.1, 0.15) is 11.6 Å². The Morgan fingerprint density at radius 3 is 3.00 bits per heavy atom. The summed E-state index contributed by atoms with van der Waals surface area (Å²) in [6.07, 6.45) is 0. The van der Waals surface area contributed by atoms with Crippen molar-refractivity contribution in [2.45, 2.75) is 6.04 Å². The smallest absolute Gasteiger partial charge is 0.231 e. The molecule has 0 radical (unpaired) electrons. The van der Waals surface area contributed by atoms with Gasteiger partial charge in [-0.05, 0) is 6.07 Å². The van der Waals surface area contributed by atoms with Crippen molar-refractivity contribution >= 4 is 11.6 Å². The first-order valence-electron chi connectivity index (χ1n) is 4.71. The van der Waals surface area contributed by atoms with Crippen molar-refractivity contribution in [2.75, 3.05) is 20.5 Å². The number of methoxy groups -OCH3 is 1. The Bertz CT molecular complexity index is 410. The van der Waals surface area contributed by atoms with Gasteiger partial charge in [-0.3, -0.25) is 0 Å². The molecular weight excluding hydrogens is 234 g/mol. The molecule has 16 heavy (non-hydrogen) atoms. The van der Waals surface area contributed by atoms with E-state index in [4.69, 9.17) is 36.7 Å². The van der Waals surface area contributed by atoms with Crippen LogP contribution >= 0.6 is 11.6 Å². The number of hydrogen-bond acceptors (Lipinski definition) is 5. The first-order valence-corrected chi connectivity index (χ1v) is 5.09. The van der Waals surface area contributed by atoms with Crippen LogP contribution in [0.3, 0.4) is 0 Å².